The van der Waals surface area contributed by atoms with Crippen LogP contribution in [0.5, 0.6) is 0 Å². The molecule has 0 saturated heterocycles. The molecule has 6 rings (SSSR count). The van der Waals surface area contributed by atoms with Crippen LogP contribution in [0.2, 0.25) is 0 Å². The molecule has 5 N–H and O–H groups in total. The van der Waals surface area contributed by atoms with Gasteiger partial charge in [-0.1, -0.05) is 48.0 Å². The van der Waals surface area contributed by atoms with E-state index < -0.39 is 97.3 Å². The van der Waals surface area contributed by atoms with E-state index in [1.54, 1.807) is 48.5 Å². The Morgan fingerprint density at radius 3 is 2.13 bits per heavy atom. The molecule has 4 atom stereocenters. The van der Waals surface area contributed by atoms with Crippen LogP contribution in [0.4, 0.5) is 5.69 Å². The maximum atomic E-state index is 14.6. The fourth-order valence-corrected chi connectivity index (χ4v) is 8.82. The number of carbonyl (C=O) groups excluding carboxylic acids is 7. The number of para-hydroxylation sites is 1. The molecule has 18 nitrogen and oxygen atoms in total. The first kappa shape index (κ1) is 51.2. The zero-order chi connectivity index (χ0) is 49.7. The van der Waals surface area contributed by atoms with Crippen LogP contribution in [0.3, 0.4) is 0 Å². The van der Waals surface area contributed by atoms with E-state index in [0.717, 1.165) is 22.3 Å². The molecule has 2 aliphatic rings. The molecule has 0 saturated carbocycles. The molecular weight excluding hydrogens is 898 g/mol. The number of aromatic nitrogens is 1. The van der Waals surface area contributed by atoms with Gasteiger partial charge in [0.25, 0.3) is 11.4 Å². The van der Waals surface area contributed by atoms with E-state index in [1.807, 2.05) is 49.4 Å². The lowest BCUT2D eigenvalue weighted by atomic mass is 9.98. The fraction of sp³-hybridized carbons (Fsp3) is 0.449. The van der Waals surface area contributed by atoms with Crippen molar-refractivity contribution in [2.24, 2.45) is 16.6 Å². The van der Waals surface area contributed by atoms with Crippen molar-refractivity contribution < 1.29 is 61.4 Å². The number of nitrogens with two attached hydrogens (primary N) is 1. The Hall–Kier alpha value is -6.20. The number of benzene rings is 3. The summed E-state index contributed by atoms with van der Waals surface area (Å²) in [5, 5.41) is 6.23. The summed E-state index contributed by atoms with van der Waals surface area (Å²) in [5.41, 5.74) is 7.09. The largest absolute Gasteiger partial charge is 0.438 e. The number of ether oxygens (including phenoxy) is 3. The van der Waals surface area contributed by atoms with Crippen LogP contribution >= 0.6 is 7.60 Å². The molecule has 3 heterocycles. The number of nitrogens with zero attached hydrogens (tertiary/aromatic N) is 1. The SMILES string of the molecule is Cc1ccc(CO[C@H](C)[C@H](CCC(N)=O)NC(=O)[C@@H]2Cc3cccc4c3N2C(=O)[C@@H](NC(=O)c2cc3cc(C(=O)P(=O)(OCOC(=O)C(C)(C)C)OCOC(=O)C(C)(C)C)ccc3[nH]2)CC4)cc1. The smallest absolute Gasteiger partial charge is 0.407 e. The van der Waals surface area contributed by atoms with Crippen LogP contribution < -0.4 is 21.3 Å². The van der Waals surface area contributed by atoms with E-state index in [1.165, 1.54) is 29.2 Å². The minimum Gasteiger partial charge on any atom is -0.438 e. The van der Waals surface area contributed by atoms with Crippen molar-refractivity contribution >= 4 is 65.3 Å². The van der Waals surface area contributed by atoms with Crippen molar-refractivity contribution in [3.63, 3.8) is 0 Å². The number of hydrogen-bond donors (Lipinski definition) is 4. The lowest BCUT2D eigenvalue weighted by Crippen LogP contribution is -2.56. The Morgan fingerprint density at radius 1 is 0.882 bits per heavy atom. The summed E-state index contributed by atoms with van der Waals surface area (Å²) in [4.78, 5) is 97.7. The minimum absolute atomic E-state index is 0.00309. The normalized spacial score (nSPS) is 16.9. The van der Waals surface area contributed by atoms with Crippen LogP contribution in [0.1, 0.15) is 111 Å². The van der Waals surface area contributed by atoms with Gasteiger partial charge in [0.05, 0.1) is 35.3 Å². The van der Waals surface area contributed by atoms with E-state index in [9.17, 15) is 38.1 Å². The van der Waals surface area contributed by atoms with Crippen LogP contribution in [0.25, 0.3) is 10.9 Å². The Morgan fingerprint density at radius 2 is 1.51 bits per heavy atom. The highest BCUT2D eigenvalue weighted by Crippen LogP contribution is 2.51. The molecule has 4 aromatic rings. The summed E-state index contributed by atoms with van der Waals surface area (Å²) in [6.07, 6.45) is 0.537. The van der Waals surface area contributed by atoms with Crippen molar-refractivity contribution in [1.82, 2.24) is 15.6 Å². The third-order valence-electron chi connectivity index (χ3n) is 11.7. The highest BCUT2D eigenvalue weighted by molar-refractivity contribution is 7.72. The molecule has 364 valence electrons. The molecule has 0 unspecified atom stereocenters. The molecular formula is C49H60N5O13P. The van der Waals surface area contributed by atoms with Crippen LogP contribution in [0, 0.1) is 17.8 Å². The molecule has 4 amide bonds. The highest BCUT2D eigenvalue weighted by atomic mass is 31.2. The summed E-state index contributed by atoms with van der Waals surface area (Å²) in [6, 6.07) is 16.4. The van der Waals surface area contributed by atoms with E-state index >= 15 is 0 Å². The van der Waals surface area contributed by atoms with Gasteiger partial charge in [-0.15, -0.1) is 0 Å². The predicted molar refractivity (Wildman–Crippen MR) is 250 cm³/mol. The summed E-state index contributed by atoms with van der Waals surface area (Å²) in [7, 11) is -4.83. The van der Waals surface area contributed by atoms with Crippen molar-refractivity contribution in [2.45, 2.75) is 118 Å². The molecule has 1 aromatic heterocycles. The second-order valence-corrected chi connectivity index (χ2v) is 21.1. The van der Waals surface area contributed by atoms with Gasteiger partial charge in [-0.2, -0.15) is 0 Å². The molecule has 19 heteroatoms. The highest BCUT2D eigenvalue weighted by Gasteiger charge is 2.45. The number of fused-ring (bicyclic) bond motifs is 1. The maximum absolute atomic E-state index is 14.6. The predicted octanol–water partition coefficient (Wildman–Crippen LogP) is 6.29. The summed E-state index contributed by atoms with van der Waals surface area (Å²) in [5.74, 6) is -3.52. The average molecular weight is 958 g/mol. The number of rotatable bonds is 19. The van der Waals surface area contributed by atoms with Crippen molar-refractivity contribution in [1.29, 1.82) is 0 Å². The number of nitrogens with one attached hydrogen (secondary N) is 3. The van der Waals surface area contributed by atoms with Crippen molar-refractivity contribution in [3.8, 4) is 0 Å². The second-order valence-electron chi connectivity index (χ2n) is 19.2. The summed E-state index contributed by atoms with van der Waals surface area (Å²) < 4.78 is 40.9. The lowest BCUT2D eigenvalue weighted by molar-refractivity contribution is -0.162. The quantitative estimate of drug-likeness (QED) is 0.0458. The molecule has 68 heavy (non-hydrogen) atoms. The summed E-state index contributed by atoms with van der Waals surface area (Å²) in [6.45, 7) is 11.8. The second kappa shape index (κ2) is 21.0. The minimum atomic E-state index is -4.83. The number of aromatic amines is 1. The van der Waals surface area contributed by atoms with Gasteiger partial charge in [0.15, 0.2) is 0 Å². The number of anilines is 1. The van der Waals surface area contributed by atoms with Gasteiger partial charge in [0.1, 0.15) is 17.8 Å². The molecule has 0 fully saturated rings. The fourth-order valence-electron chi connectivity index (χ4n) is 7.67. The number of amides is 4. The Balaban J connectivity index is 1.18. The van der Waals surface area contributed by atoms with Gasteiger partial charge in [-0.05, 0) is 116 Å². The topological polar surface area (TPSA) is 252 Å². The molecule has 0 spiro atoms. The number of hydrogen-bond acceptors (Lipinski definition) is 13. The van der Waals surface area contributed by atoms with Crippen molar-refractivity contribution in [3.05, 3.63) is 100 Å². The monoisotopic (exact) mass is 957 g/mol. The zero-order valence-electron chi connectivity index (χ0n) is 39.6. The van der Waals surface area contributed by atoms with Gasteiger partial charge < -0.3 is 35.6 Å². The third-order valence-corrected chi connectivity index (χ3v) is 13.3. The molecule has 0 bridgehead atoms. The Bertz CT molecular complexity index is 2590. The summed E-state index contributed by atoms with van der Waals surface area (Å²) >= 11 is 0. The molecule has 0 aliphatic carbocycles. The van der Waals surface area contributed by atoms with Crippen LogP contribution in [0.15, 0.2) is 66.7 Å². The Kier molecular flexibility index (Phi) is 15.8. The first-order valence-corrected chi connectivity index (χ1v) is 23.9. The number of H-pyrrole nitrogens is 1. The van der Waals surface area contributed by atoms with Gasteiger partial charge in [-0.25, -0.2) is 0 Å². The average Bonchev–Trinajstić information content (AvgIpc) is 3.86. The number of primary amides is 1. The van der Waals surface area contributed by atoms with Crippen molar-refractivity contribution in [2.75, 3.05) is 18.5 Å². The Labute approximate surface area is 394 Å². The van der Waals surface area contributed by atoms with E-state index in [-0.39, 0.29) is 43.5 Å². The number of aryl methyl sites for hydroxylation is 2. The standard InChI is InChI=1S/C49H60N5O13P/c1-28-12-14-30(15-13-28)25-63-29(2)35(20-21-40(50)55)52-43(57)39-24-32-11-9-10-31-16-19-37(44(58)54(39)41(31)32)53-42(56)38-23-34-22-33(17-18-36(34)51-38)45(59)68(62,66-26-64-46(60)48(3,4)5)67-27-65-47(61)49(6,7)8/h9-15,17-18,22-23,29,35,37,39,51H,16,19-21,24-27H2,1-8H3,(H2,50,55)(H,52,57)(H,53,56)/t29-,35+,37+,39+/m1/s1. The van der Waals surface area contributed by atoms with Crippen LogP contribution in [-0.4, -0.2) is 83.9 Å². The molecule has 3 aromatic carbocycles. The first-order chi connectivity index (χ1) is 31.9. The molecule has 2 aliphatic heterocycles. The van der Waals surface area contributed by atoms with Gasteiger partial charge >= 0.3 is 19.5 Å². The van der Waals surface area contributed by atoms with E-state index in [0.29, 0.717) is 23.0 Å². The van der Waals surface area contributed by atoms with E-state index in [4.69, 9.17) is 29.0 Å². The number of carbonyl (C=O) groups is 7. The zero-order valence-corrected chi connectivity index (χ0v) is 40.5. The third kappa shape index (κ3) is 12.3. The van der Waals surface area contributed by atoms with Gasteiger partial charge in [0, 0.05) is 29.3 Å². The van der Waals surface area contributed by atoms with Crippen LogP contribution in [-0.2, 0) is 71.2 Å². The van der Waals surface area contributed by atoms with Gasteiger partial charge in [0.2, 0.25) is 31.3 Å². The maximum Gasteiger partial charge on any atom is 0.407 e. The number of esters is 2. The molecule has 0 radical (unpaired) electrons. The lowest BCUT2D eigenvalue weighted by Gasteiger charge is -2.31. The van der Waals surface area contributed by atoms with Gasteiger partial charge in [-0.3, -0.25) is 52.1 Å². The first-order valence-electron chi connectivity index (χ1n) is 22.4. The van der Waals surface area contributed by atoms with E-state index in [2.05, 4.69) is 15.6 Å².